The van der Waals surface area contributed by atoms with Crippen molar-refractivity contribution in [1.29, 1.82) is 0 Å². The highest BCUT2D eigenvalue weighted by Crippen LogP contribution is 2.14. The van der Waals surface area contributed by atoms with Crippen molar-refractivity contribution >= 4 is 5.91 Å². The lowest BCUT2D eigenvalue weighted by atomic mass is 9.96. The van der Waals surface area contributed by atoms with Crippen molar-refractivity contribution in [1.82, 2.24) is 15.3 Å². The normalized spacial score (nSPS) is 12.3. The smallest absolute Gasteiger partial charge is 0.220 e. The highest BCUT2D eigenvalue weighted by Gasteiger charge is 2.08. The molecule has 1 unspecified atom stereocenters. The number of amides is 1. The number of imidazole rings is 1. The van der Waals surface area contributed by atoms with Crippen LogP contribution in [-0.2, 0) is 11.2 Å². The fourth-order valence-electron chi connectivity index (χ4n) is 1.97. The first-order valence-corrected chi connectivity index (χ1v) is 6.71. The summed E-state index contributed by atoms with van der Waals surface area (Å²) in [5, 5.41) is 2.91. The molecule has 1 rings (SSSR count). The molecule has 1 heterocycles. The number of hydrogen-bond acceptors (Lipinski definition) is 3. The fourth-order valence-corrected chi connectivity index (χ4v) is 1.97. The molecule has 1 aromatic rings. The zero-order valence-electron chi connectivity index (χ0n) is 11.1. The molecule has 0 aliphatic rings. The van der Waals surface area contributed by atoms with Gasteiger partial charge >= 0.3 is 0 Å². The van der Waals surface area contributed by atoms with Gasteiger partial charge in [0, 0.05) is 31.8 Å². The van der Waals surface area contributed by atoms with Crippen molar-refractivity contribution in [2.75, 3.05) is 13.1 Å². The molecule has 0 aliphatic heterocycles. The van der Waals surface area contributed by atoms with Gasteiger partial charge in [0.1, 0.15) is 5.82 Å². The van der Waals surface area contributed by atoms with Gasteiger partial charge in [-0.05, 0) is 25.3 Å². The molecule has 4 N–H and O–H groups in total. The summed E-state index contributed by atoms with van der Waals surface area (Å²) in [4.78, 5) is 18.7. The maximum atomic E-state index is 11.6. The molecular weight excluding hydrogens is 228 g/mol. The van der Waals surface area contributed by atoms with E-state index in [0.29, 0.717) is 25.4 Å². The molecule has 0 fully saturated rings. The van der Waals surface area contributed by atoms with Gasteiger partial charge in [0.15, 0.2) is 0 Å². The minimum atomic E-state index is 0.122. The van der Waals surface area contributed by atoms with Crippen LogP contribution in [0.25, 0.3) is 0 Å². The van der Waals surface area contributed by atoms with Crippen LogP contribution >= 0.6 is 0 Å². The SMILES string of the molecule is CCC(CCN)CCC(=O)NCCc1ncc[nH]1. The Labute approximate surface area is 109 Å². The largest absolute Gasteiger partial charge is 0.356 e. The molecule has 1 amide bonds. The highest BCUT2D eigenvalue weighted by atomic mass is 16.1. The molecular formula is C13H24N4O. The van der Waals surface area contributed by atoms with E-state index in [9.17, 15) is 4.79 Å². The van der Waals surface area contributed by atoms with E-state index in [0.717, 1.165) is 31.5 Å². The Morgan fingerprint density at radius 1 is 1.56 bits per heavy atom. The number of aromatic nitrogens is 2. The zero-order valence-corrected chi connectivity index (χ0v) is 11.1. The first kappa shape index (κ1) is 14.7. The Morgan fingerprint density at radius 2 is 2.39 bits per heavy atom. The average molecular weight is 252 g/mol. The van der Waals surface area contributed by atoms with Crippen LogP contribution in [0.2, 0.25) is 0 Å². The van der Waals surface area contributed by atoms with Gasteiger partial charge in [0.05, 0.1) is 0 Å². The van der Waals surface area contributed by atoms with E-state index in [-0.39, 0.29) is 5.91 Å². The number of nitrogens with zero attached hydrogens (tertiary/aromatic N) is 1. The third kappa shape index (κ3) is 5.82. The van der Waals surface area contributed by atoms with E-state index in [4.69, 9.17) is 5.73 Å². The van der Waals surface area contributed by atoms with Crippen LogP contribution in [0.1, 0.15) is 38.4 Å². The molecule has 1 atom stereocenters. The van der Waals surface area contributed by atoms with E-state index in [1.165, 1.54) is 0 Å². The number of carbonyl (C=O) groups excluding carboxylic acids is 1. The van der Waals surface area contributed by atoms with Crippen LogP contribution < -0.4 is 11.1 Å². The number of aromatic amines is 1. The van der Waals surface area contributed by atoms with Gasteiger partial charge in [-0.2, -0.15) is 0 Å². The minimum absolute atomic E-state index is 0.122. The molecule has 0 spiro atoms. The summed E-state index contributed by atoms with van der Waals surface area (Å²) in [6.45, 7) is 3.49. The van der Waals surface area contributed by atoms with Crippen molar-refractivity contribution < 1.29 is 4.79 Å². The van der Waals surface area contributed by atoms with Gasteiger partial charge in [-0.3, -0.25) is 4.79 Å². The van der Waals surface area contributed by atoms with Gasteiger partial charge in [0.25, 0.3) is 0 Å². The number of nitrogens with one attached hydrogen (secondary N) is 2. The predicted molar refractivity (Wildman–Crippen MR) is 72.0 cm³/mol. The van der Waals surface area contributed by atoms with E-state index in [1.54, 1.807) is 12.4 Å². The van der Waals surface area contributed by atoms with E-state index in [2.05, 4.69) is 22.2 Å². The quantitative estimate of drug-likeness (QED) is 0.618. The summed E-state index contributed by atoms with van der Waals surface area (Å²) >= 11 is 0. The number of nitrogens with two attached hydrogens (primary N) is 1. The van der Waals surface area contributed by atoms with Gasteiger partial charge in [-0.25, -0.2) is 4.98 Å². The van der Waals surface area contributed by atoms with Crippen molar-refractivity contribution in [3.8, 4) is 0 Å². The fraction of sp³-hybridized carbons (Fsp3) is 0.692. The second kappa shape index (κ2) is 8.69. The van der Waals surface area contributed by atoms with Gasteiger partial charge in [-0.15, -0.1) is 0 Å². The maximum Gasteiger partial charge on any atom is 0.220 e. The first-order valence-electron chi connectivity index (χ1n) is 6.71. The molecule has 0 radical (unpaired) electrons. The van der Waals surface area contributed by atoms with Crippen LogP contribution in [0.15, 0.2) is 12.4 Å². The summed E-state index contributed by atoms with van der Waals surface area (Å²) in [5.74, 6) is 1.60. The third-order valence-electron chi connectivity index (χ3n) is 3.17. The van der Waals surface area contributed by atoms with Crippen LogP contribution in [0.4, 0.5) is 0 Å². The van der Waals surface area contributed by atoms with Crippen molar-refractivity contribution in [2.24, 2.45) is 11.7 Å². The second-order valence-electron chi connectivity index (χ2n) is 4.53. The first-order chi connectivity index (χ1) is 8.76. The van der Waals surface area contributed by atoms with Crippen LogP contribution in [0, 0.1) is 5.92 Å². The van der Waals surface area contributed by atoms with Crippen molar-refractivity contribution in [3.63, 3.8) is 0 Å². The predicted octanol–water partition coefficient (Wildman–Crippen LogP) is 1.22. The lowest BCUT2D eigenvalue weighted by Crippen LogP contribution is -2.26. The highest BCUT2D eigenvalue weighted by molar-refractivity contribution is 5.75. The van der Waals surface area contributed by atoms with E-state index in [1.807, 2.05) is 0 Å². The Morgan fingerprint density at radius 3 is 3.00 bits per heavy atom. The number of hydrogen-bond donors (Lipinski definition) is 3. The molecule has 0 saturated carbocycles. The summed E-state index contributed by atoms with van der Waals surface area (Å²) in [5.41, 5.74) is 5.53. The van der Waals surface area contributed by atoms with Gasteiger partial charge in [0.2, 0.25) is 5.91 Å². The summed E-state index contributed by atoms with van der Waals surface area (Å²) in [7, 11) is 0. The molecule has 0 aliphatic carbocycles. The molecule has 0 bridgehead atoms. The summed E-state index contributed by atoms with van der Waals surface area (Å²) in [6, 6.07) is 0. The van der Waals surface area contributed by atoms with Crippen LogP contribution in [-0.4, -0.2) is 29.0 Å². The Kier molecular flexibility index (Phi) is 7.10. The lowest BCUT2D eigenvalue weighted by molar-refractivity contribution is -0.121. The Bertz CT molecular complexity index is 324. The van der Waals surface area contributed by atoms with Crippen molar-refractivity contribution in [3.05, 3.63) is 18.2 Å². The monoisotopic (exact) mass is 252 g/mol. The Hall–Kier alpha value is -1.36. The van der Waals surface area contributed by atoms with Crippen molar-refractivity contribution in [2.45, 2.75) is 39.0 Å². The topological polar surface area (TPSA) is 83.8 Å². The molecule has 5 heteroatoms. The molecule has 5 nitrogen and oxygen atoms in total. The molecule has 102 valence electrons. The lowest BCUT2D eigenvalue weighted by Gasteiger charge is -2.13. The van der Waals surface area contributed by atoms with Gasteiger partial charge < -0.3 is 16.0 Å². The second-order valence-corrected chi connectivity index (χ2v) is 4.53. The Balaban J connectivity index is 2.09. The number of H-pyrrole nitrogens is 1. The van der Waals surface area contributed by atoms with E-state index < -0.39 is 0 Å². The average Bonchev–Trinajstić information content (AvgIpc) is 2.87. The van der Waals surface area contributed by atoms with E-state index >= 15 is 0 Å². The number of carbonyl (C=O) groups is 1. The van der Waals surface area contributed by atoms with Gasteiger partial charge in [-0.1, -0.05) is 13.3 Å². The summed E-state index contributed by atoms with van der Waals surface area (Å²) < 4.78 is 0. The molecule has 0 saturated heterocycles. The molecule has 1 aromatic heterocycles. The molecule has 18 heavy (non-hydrogen) atoms. The van der Waals surface area contributed by atoms with Crippen LogP contribution in [0.5, 0.6) is 0 Å². The zero-order chi connectivity index (χ0) is 13.2. The minimum Gasteiger partial charge on any atom is -0.356 e. The standard InChI is InChI=1S/C13H24N4O/c1-2-11(5-7-14)3-4-13(18)17-8-6-12-15-9-10-16-12/h9-11H,2-8,14H2,1H3,(H,15,16)(H,17,18). The third-order valence-corrected chi connectivity index (χ3v) is 3.17. The molecule has 0 aromatic carbocycles. The van der Waals surface area contributed by atoms with Crippen LogP contribution in [0.3, 0.4) is 0 Å². The summed E-state index contributed by atoms with van der Waals surface area (Å²) in [6.07, 6.45) is 7.88. The number of rotatable bonds is 9. The maximum absolute atomic E-state index is 11.6.